The Hall–Kier alpha value is -3.64. The molecule has 3 aromatic rings. The van der Waals surface area contributed by atoms with E-state index in [1.807, 2.05) is 72.8 Å². The highest BCUT2D eigenvalue weighted by Gasteiger charge is 2.46. The van der Waals surface area contributed by atoms with Crippen LogP contribution in [0, 0.1) is 0 Å². The summed E-state index contributed by atoms with van der Waals surface area (Å²) in [6.45, 7) is 0.415. The van der Waals surface area contributed by atoms with E-state index in [9.17, 15) is 9.59 Å². The second-order valence-electron chi connectivity index (χ2n) is 9.01. The van der Waals surface area contributed by atoms with Crippen molar-refractivity contribution in [3.05, 3.63) is 102 Å². The maximum Gasteiger partial charge on any atom is 0.407 e. The molecule has 4 rings (SSSR count). The summed E-state index contributed by atoms with van der Waals surface area (Å²) in [6, 6.07) is 26.1. The molecule has 6 heteroatoms. The zero-order valence-corrected chi connectivity index (χ0v) is 20.0. The fraction of sp³-hybridized carbons (Fsp3) is 0.310. The van der Waals surface area contributed by atoms with Gasteiger partial charge in [-0.05, 0) is 48.9 Å². The Kier molecular flexibility index (Phi) is 7.83. The maximum atomic E-state index is 13.6. The minimum absolute atomic E-state index is 0.147. The van der Waals surface area contributed by atoms with Gasteiger partial charge in [-0.2, -0.15) is 0 Å². The molecule has 0 aromatic heterocycles. The number of benzene rings is 3. The molecule has 3 aromatic carbocycles. The number of methoxy groups -OCH3 is 1. The first kappa shape index (κ1) is 24.5. The summed E-state index contributed by atoms with van der Waals surface area (Å²) in [7, 11) is 1.55. The van der Waals surface area contributed by atoms with Gasteiger partial charge >= 0.3 is 6.09 Å². The number of carbonyl (C=O) groups excluding carboxylic acids is 2. The smallest absolute Gasteiger partial charge is 0.407 e. The lowest BCUT2D eigenvalue weighted by atomic mass is 9.63. The molecule has 0 saturated heterocycles. The van der Waals surface area contributed by atoms with Gasteiger partial charge in [0.1, 0.15) is 11.9 Å². The minimum Gasteiger partial charge on any atom is -0.496 e. The van der Waals surface area contributed by atoms with E-state index in [-0.39, 0.29) is 11.9 Å². The molecule has 0 heterocycles. The van der Waals surface area contributed by atoms with Gasteiger partial charge in [0.2, 0.25) is 0 Å². The van der Waals surface area contributed by atoms with Crippen molar-refractivity contribution < 1.29 is 19.1 Å². The Morgan fingerprint density at radius 2 is 1.54 bits per heavy atom. The maximum absolute atomic E-state index is 13.6. The van der Waals surface area contributed by atoms with Crippen molar-refractivity contribution in [3.63, 3.8) is 0 Å². The lowest BCUT2D eigenvalue weighted by Crippen LogP contribution is -2.53. The van der Waals surface area contributed by atoms with Crippen LogP contribution in [0.1, 0.15) is 47.2 Å². The number of hydrogen-bond donors (Lipinski definition) is 2. The third kappa shape index (κ3) is 5.54. The molecular weight excluding hydrogens is 440 g/mol. The summed E-state index contributed by atoms with van der Waals surface area (Å²) in [5.41, 5.74) is 8.72. The summed E-state index contributed by atoms with van der Waals surface area (Å²) in [5, 5.41) is 2.82. The predicted octanol–water partition coefficient (Wildman–Crippen LogP) is 5.01. The van der Waals surface area contributed by atoms with Crippen molar-refractivity contribution >= 4 is 11.9 Å². The molecule has 1 atom stereocenters. The van der Waals surface area contributed by atoms with Gasteiger partial charge in [0.05, 0.1) is 18.7 Å². The highest BCUT2D eigenvalue weighted by molar-refractivity contribution is 6.03. The number of nitrogens with one attached hydrogen (secondary N) is 1. The molecular formula is C29H32N2O4. The van der Waals surface area contributed by atoms with Crippen LogP contribution in [-0.2, 0) is 16.7 Å². The minimum atomic E-state index is -0.756. The van der Waals surface area contributed by atoms with E-state index in [2.05, 4.69) is 5.32 Å². The van der Waals surface area contributed by atoms with Crippen LogP contribution in [-0.4, -0.2) is 31.1 Å². The van der Waals surface area contributed by atoms with Gasteiger partial charge in [-0.3, -0.25) is 4.79 Å². The number of para-hydroxylation sites is 1. The van der Waals surface area contributed by atoms with Crippen molar-refractivity contribution in [2.24, 2.45) is 5.73 Å². The van der Waals surface area contributed by atoms with Crippen molar-refractivity contribution in [2.45, 2.75) is 49.8 Å². The van der Waals surface area contributed by atoms with Crippen LogP contribution < -0.4 is 15.8 Å². The SMILES string of the molecule is COc1ccccc1C(=O)C(N)C1(c2ccccc2)CCC(OC(=O)NCc2ccccc2)CC1. The fourth-order valence-electron chi connectivity index (χ4n) is 5.00. The van der Waals surface area contributed by atoms with Gasteiger partial charge in [-0.25, -0.2) is 4.79 Å². The summed E-state index contributed by atoms with van der Waals surface area (Å²) < 4.78 is 11.1. The van der Waals surface area contributed by atoms with E-state index in [4.69, 9.17) is 15.2 Å². The number of rotatable bonds is 8. The van der Waals surface area contributed by atoms with Gasteiger partial charge in [-0.1, -0.05) is 72.8 Å². The Bertz CT molecular complexity index is 1130. The predicted molar refractivity (Wildman–Crippen MR) is 135 cm³/mol. The first-order valence-electron chi connectivity index (χ1n) is 12.0. The molecule has 1 saturated carbocycles. The summed E-state index contributed by atoms with van der Waals surface area (Å²) >= 11 is 0. The molecule has 1 fully saturated rings. The molecule has 182 valence electrons. The molecule has 0 bridgehead atoms. The average Bonchev–Trinajstić information content (AvgIpc) is 2.92. The van der Waals surface area contributed by atoms with Crippen LogP contribution in [0.4, 0.5) is 4.79 Å². The van der Waals surface area contributed by atoms with Crippen LogP contribution >= 0.6 is 0 Å². The van der Waals surface area contributed by atoms with E-state index in [1.165, 1.54) is 0 Å². The normalized spacial score (nSPS) is 20.5. The van der Waals surface area contributed by atoms with Crippen molar-refractivity contribution in [1.82, 2.24) is 5.32 Å². The van der Waals surface area contributed by atoms with Gasteiger partial charge < -0.3 is 20.5 Å². The number of carbonyl (C=O) groups is 2. The zero-order chi connectivity index (χ0) is 24.7. The number of alkyl carbamates (subject to hydrolysis) is 1. The summed E-state index contributed by atoms with van der Waals surface area (Å²) in [6.07, 6.45) is 1.86. The number of Topliss-reactive ketones (excluding diaryl/α,β-unsaturated/α-hetero) is 1. The number of nitrogens with two attached hydrogens (primary N) is 1. The standard InChI is InChI=1S/C29H32N2O4/c1-34-25-15-9-8-14-24(25)26(32)27(30)29(22-12-6-3-7-13-22)18-16-23(17-19-29)35-28(33)31-20-21-10-4-2-5-11-21/h2-15,23,27H,16-20,30H2,1H3,(H,31,33). The Labute approximate surface area is 206 Å². The van der Waals surface area contributed by atoms with Crippen LogP contribution in [0.2, 0.25) is 0 Å². The number of amides is 1. The second-order valence-corrected chi connectivity index (χ2v) is 9.01. The summed E-state index contributed by atoms with van der Waals surface area (Å²) in [4.78, 5) is 26.0. The van der Waals surface area contributed by atoms with Gasteiger partial charge in [0.15, 0.2) is 5.78 Å². The monoisotopic (exact) mass is 472 g/mol. The Balaban J connectivity index is 1.47. The largest absolute Gasteiger partial charge is 0.496 e. The lowest BCUT2D eigenvalue weighted by Gasteiger charge is -2.43. The van der Waals surface area contributed by atoms with E-state index in [1.54, 1.807) is 19.2 Å². The van der Waals surface area contributed by atoms with Gasteiger partial charge in [0, 0.05) is 12.0 Å². The lowest BCUT2D eigenvalue weighted by molar-refractivity contribution is 0.0490. The van der Waals surface area contributed by atoms with Crippen molar-refractivity contribution in [2.75, 3.05) is 7.11 Å². The molecule has 35 heavy (non-hydrogen) atoms. The van der Waals surface area contributed by atoms with Crippen LogP contribution in [0.15, 0.2) is 84.9 Å². The molecule has 3 N–H and O–H groups in total. The third-order valence-electron chi connectivity index (χ3n) is 6.98. The molecule has 6 nitrogen and oxygen atoms in total. The van der Waals surface area contributed by atoms with Crippen molar-refractivity contribution in [3.8, 4) is 5.75 Å². The van der Waals surface area contributed by atoms with E-state index in [0.717, 1.165) is 11.1 Å². The summed E-state index contributed by atoms with van der Waals surface area (Å²) in [5.74, 6) is 0.370. The van der Waals surface area contributed by atoms with Crippen LogP contribution in [0.3, 0.4) is 0 Å². The highest BCUT2D eigenvalue weighted by Crippen LogP contribution is 2.43. The Morgan fingerprint density at radius 1 is 0.943 bits per heavy atom. The number of ether oxygens (including phenoxy) is 2. The number of hydrogen-bond acceptors (Lipinski definition) is 5. The van der Waals surface area contributed by atoms with Gasteiger partial charge in [0.25, 0.3) is 0 Å². The first-order chi connectivity index (χ1) is 17.0. The molecule has 1 unspecified atom stereocenters. The molecule has 1 amide bonds. The Morgan fingerprint density at radius 3 is 2.20 bits per heavy atom. The molecule has 0 spiro atoms. The highest BCUT2D eigenvalue weighted by atomic mass is 16.6. The van der Waals surface area contributed by atoms with Crippen LogP contribution in [0.5, 0.6) is 5.75 Å². The average molecular weight is 473 g/mol. The second kappa shape index (κ2) is 11.2. The third-order valence-corrected chi connectivity index (χ3v) is 6.98. The van der Waals surface area contributed by atoms with E-state index >= 15 is 0 Å². The van der Waals surface area contributed by atoms with E-state index in [0.29, 0.717) is 43.5 Å². The van der Waals surface area contributed by atoms with Crippen LogP contribution in [0.25, 0.3) is 0 Å². The molecule has 1 aliphatic rings. The topological polar surface area (TPSA) is 90.7 Å². The first-order valence-corrected chi connectivity index (χ1v) is 12.0. The number of ketones is 1. The zero-order valence-electron chi connectivity index (χ0n) is 20.0. The van der Waals surface area contributed by atoms with E-state index < -0.39 is 17.6 Å². The molecule has 0 aliphatic heterocycles. The van der Waals surface area contributed by atoms with Gasteiger partial charge in [-0.15, -0.1) is 0 Å². The molecule has 1 aliphatic carbocycles. The quantitative estimate of drug-likeness (QED) is 0.450. The fourth-order valence-corrected chi connectivity index (χ4v) is 5.00. The van der Waals surface area contributed by atoms with Crippen molar-refractivity contribution in [1.29, 1.82) is 0 Å². The molecule has 0 radical (unpaired) electrons.